The van der Waals surface area contributed by atoms with Gasteiger partial charge in [-0.15, -0.1) is 0 Å². The van der Waals surface area contributed by atoms with Crippen LogP contribution in [0.5, 0.6) is 0 Å². The van der Waals surface area contributed by atoms with E-state index in [1.807, 2.05) is 0 Å². The van der Waals surface area contributed by atoms with Gasteiger partial charge in [-0.2, -0.15) is 0 Å². The molecule has 2 N–H and O–H groups in total. The van der Waals surface area contributed by atoms with Gasteiger partial charge in [0.05, 0.1) is 6.10 Å². The van der Waals surface area contributed by atoms with Gasteiger partial charge in [-0.05, 0) is 25.7 Å². The number of aliphatic hydroxyl groups is 1. The van der Waals surface area contributed by atoms with Crippen LogP contribution in [0.3, 0.4) is 0 Å². The van der Waals surface area contributed by atoms with Gasteiger partial charge in [-0.1, -0.05) is 7.43 Å². The lowest BCUT2D eigenvalue weighted by atomic mass is 9.93. The Balaban J connectivity index is 0.00000121. The summed E-state index contributed by atoms with van der Waals surface area (Å²) < 4.78 is 0. The van der Waals surface area contributed by atoms with Crippen molar-refractivity contribution < 1.29 is 9.90 Å². The van der Waals surface area contributed by atoms with E-state index in [0.29, 0.717) is 6.04 Å². The second-order valence-corrected chi connectivity index (χ2v) is 3.21. The van der Waals surface area contributed by atoms with Crippen LogP contribution in [0.15, 0.2) is 0 Å². The van der Waals surface area contributed by atoms with Crippen LogP contribution >= 0.6 is 0 Å². The molecule has 0 bridgehead atoms. The lowest BCUT2D eigenvalue weighted by Gasteiger charge is -2.25. The molecule has 3 nitrogen and oxygen atoms in total. The fourth-order valence-corrected chi connectivity index (χ4v) is 1.51. The number of amides is 1. The highest BCUT2D eigenvalue weighted by molar-refractivity contribution is 5.73. The van der Waals surface area contributed by atoms with Crippen molar-refractivity contribution in [2.75, 3.05) is 0 Å². The summed E-state index contributed by atoms with van der Waals surface area (Å²) in [6, 6.07) is 0.302. The maximum atomic E-state index is 10.6. The molecule has 0 aromatic carbocycles. The van der Waals surface area contributed by atoms with Crippen molar-refractivity contribution in [2.24, 2.45) is 0 Å². The van der Waals surface area contributed by atoms with Crippen LogP contribution < -0.4 is 5.32 Å². The summed E-state index contributed by atoms with van der Waals surface area (Å²) in [4.78, 5) is 10.6. The van der Waals surface area contributed by atoms with Crippen LogP contribution in [-0.2, 0) is 4.79 Å². The van der Waals surface area contributed by atoms with Gasteiger partial charge in [-0.3, -0.25) is 4.79 Å². The fourth-order valence-electron chi connectivity index (χ4n) is 1.51. The molecule has 1 amide bonds. The van der Waals surface area contributed by atoms with Crippen LogP contribution in [0.1, 0.15) is 40.0 Å². The van der Waals surface area contributed by atoms with E-state index >= 15 is 0 Å². The van der Waals surface area contributed by atoms with Crippen LogP contribution in [0.4, 0.5) is 0 Å². The molecule has 0 aromatic heterocycles. The van der Waals surface area contributed by atoms with Crippen LogP contribution in [0.2, 0.25) is 0 Å². The van der Waals surface area contributed by atoms with Crippen LogP contribution in [0, 0.1) is 0 Å². The average molecular weight is 173 g/mol. The van der Waals surface area contributed by atoms with Gasteiger partial charge in [0.25, 0.3) is 0 Å². The van der Waals surface area contributed by atoms with Crippen molar-refractivity contribution in [1.29, 1.82) is 0 Å². The largest absolute Gasteiger partial charge is 0.393 e. The molecule has 0 heterocycles. The molecule has 0 spiro atoms. The number of carbonyl (C=O) groups excluding carboxylic acids is 1. The van der Waals surface area contributed by atoms with Gasteiger partial charge in [0.15, 0.2) is 0 Å². The zero-order valence-corrected chi connectivity index (χ0v) is 6.84. The Hall–Kier alpha value is -0.570. The predicted molar refractivity (Wildman–Crippen MR) is 48.8 cm³/mol. The third-order valence-electron chi connectivity index (χ3n) is 2.10. The number of rotatable bonds is 1. The molecule has 1 aliphatic carbocycles. The number of hydrogen-bond acceptors (Lipinski definition) is 2. The van der Waals surface area contributed by atoms with Crippen molar-refractivity contribution in [3.05, 3.63) is 0 Å². The fraction of sp³-hybridized carbons (Fsp3) is 0.889. The molecular weight excluding hydrogens is 154 g/mol. The number of aliphatic hydroxyl groups excluding tert-OH is 1. The molecule has 0 radical (unpaired) electrons. The van der Waals surface area contributed by atoms with E-state index in [9.17, 15) is 4.79 Å². The average Bonchev–Trinajstić information content (AvgIpc) is 1.93. The SMILES string of the molecule is C.CC(=O)NC1CCC(O)CC1. The Morgan fingerprint density at radius 2 is 1.83 bits per heavy atom. The van der Waals surface area contributed by atoms with E-state index < -0.39 is 0 Å². The summed E-state index contributed by atoms with van der Waals surface area (Å²) in [5, 5.41) is 12.0. The topological polar surface area (TPSA) is 49.3 Å². The molecule has 1 saturated carbocycles. The third kappa shape index (κ3) is 3.72. The highest BCUT2D eigenvalue weighted by Gasteiger charge is 2.19. The summed E-state index contributed by atoms with van der Waals surface area (Å²) in [6.45, 7) is 1.53. The number of hydrogen-bond donors (Lipinski definition) is 2. The van der Waals surface area contributed by atoms with Crippen molar-refractivity contribution in [3.63, 3.8) is 0 Å². The minimum atomic E-state index is -0.139. The normalized spacial score (nSPS) is 28.8. The van der Waals surface area contributed by atoms with Crippen molar-refractivity contribution in [3.8, 4) is 0 Å². The third-order valence-corrected chi connectivity index (χ3v) is 2.10. The molecule has 1 rings (SSSR count). The Kier molecular flexibility index (Phi) is 4.90. The van der Waals surface area contributed by atoms with Gasteiger partial charge in [-0.25, -0.2) is 0 Å². The highest BCUT2D eigenvalue weighted by atomic mass is 16.3. The quantitative estimate of drug-likeness (QED) is 0.623. The maximum Gasteiger partial charge on any atom is 0.217 e. The Morgan fingerprint density at radius 1 is 1.33 bits per heavy atom. The summed E-state index contributed by atoms with van der Waals surface area (Å²) in [6.07, 6.45) is 3.34. The van der Waals surface area contributed by atoms with E-state index in [1.54, 1.807) is 0 Å². The van der Waals surface area contributed by atoms with E-state index in [-0.39, 0.29) is 19.4 Å². The van der Waals surface area contributed by atoms with E-state index in [0.717, 1.165) is 25.7 Å². The van der Waals surface area contributed by atoms with Gasteiger partial charge in [0.2, 0.25) is 5.91 Å². The standard InChI is InChI=1S/C8H15NO2.CH4/c1-6(10)9-7-2-4-8(11)5-3-7;/h7-8,11H,2-5H2,1H3,(H,9,10);1H4. The molecule has 1 aliphatic rings. The molecule has 72 valence electrons. The van der Waals surface area contributed by atoms with E-state index in [1.165, 1.54) is 6.92 Å². The zero-order valence-electron chi connectivity index (χ0n) is 6.84. The number of nitrogens with one attached hydrogen (secondary N) is 1. The molecule has 0 unspecified atom stereocenters. The number of carbonyl (C=O) groups is 1. The summed E-state index contributed by atoms with van der Waals surface area (Å²) in [5.41, 5.74) is 0. The predicted octanol–water partition coefficient (Wildman–Crippen LogP) is 1.06. The summed E-state index contributed by atoms with van der Waals surface area (Å²) >= 11 is 0. The highest BCUT2D eigenvalue weighted by Crippen LogP contribution is 2.17. The van der Waals surface area contributed by atoms with Crippen molar-refractivity contribution >= 4 is 5.91 Å². The Bertz CT molecular complexity index is 139. The van der Waals surface area contributed by atoms with Crippen molar-refractivity contribution in [2.45, 2.75) is 52.2 Å². The molecule has 0 atom stereocenters. The first-order valence-electron chi connectivity index (χ1n) is 4.13. The van der Waals surface area contributed by atoms with Crippen molar-refractivity contribution in [1.82, 2.24) is 5.32 Å². The van der Waals surface area contributed by atoms with Crippen LogP contribution in [-0.4, -0.2) is 23.2 Å². The Morgan fingerprint density at radius 3 is 2.25 bits per heavy atom. The summed E-state index contributed by atoms with van der Waals surface area (Å²) in [7, 11) is 0. The van der Waals surface area contributed by atoms with E-state index in [2.05, 4.69) is 5.32 Å². The maximum absolute atomic E-state index is 10.6. The zero-order chi connectivity index (χ0) is 8.27. The Labute approximate surface area is 74.2 Å². The van der Waals surface area contributed by atoms with Gasteiger partial charge < -0.3 is 10.4 Å². The molecule has 0 saturated heterocycles. The van der Waals surface area contributed by atoms with Gasteiger partial charge in [0.1, 0.15) is 0 Å². The minimum Gasteiger partial charge on any atom is -0.393 e. The lowest BCUT2D eigenvalue weighted by molar-refractivity contribution is -0.120. The lowest BCUT2D eigenvalue weighted by Crippen LogP contribution is -2.37. The smallest absolute Gasteiger partial charge is 0.217 e. The second kappa shape index (κ2) is 5.14. The summed E-state index contributed by atoms with van der Waals surface area (Å²) in [5.74, 6) is 0.0337. The molecular formula is C9H19NO2. The molecule has 1 fully saturated rings. The second-order valence-electron chi connectivity index (χ2n) is 3.21. The minimum absolute atomic E-state index is 0. The van der Waals surface area contributed by atoms with Crippen LogP contribution in [0.25, 0.3) is 0 Å². The van der Waals surface area contributed by atoms with Gasteiger partial charge in [0, 0.05) is 13.0 Å². The van der Waals surface area contributed by atoms with Gasteiger partial charge >= 0.3 is 0 Å². The first-order valence-corrected chi connectivity index (χ1v) is 4.13. The monoisotopic (exact) mass is 173 g/mol. The van der Waals surface area contributed by atoms with E-state index in [4.69, 9.17) is 5.11 Å². The molecule has 3 heteroatoms. The molecule has 12 heavy (non-hydrogen) atoms. The molecule has 0 aromatic rings. The molecule has 0 aliphatic heterocycles. The first kappa shape index (κ1) is 11.4. The first-order chi connectivity index (χ1) is 5.18.